The van der Waals surface area contributed by atoms with E-state index in [0.29, 0.717) is 28.8 Å². The molecule has 2 aromatic carbocycles. The number of rotatable bonds is 6. The predicted molar refractivity (Wildman–Crippen MR) is 104 cm³/mol. The fourth-order valence-corrected chi connectivity index (χ4v) is 4.40. The van der Waals surface area contributed by atoms with Crippen LogP contribution in [-0.4, -0.2) is 14.0 Å². The van der Waals surface area contributed by atoms with E-state index in [0.717, 1.165) is 22.4 Å². The number of nitriles is 1. The Morgan fingerprint density at radius 1 is 1.08 bits per heavy atom. The van der Waals surface area contributed by atoms with Gasteiger partial charge in [-0.15, -0.1) is 0 Å². The first-order chi connectivity index (χ1) is 12.6. The minimum absolute atomic E-state index is 0.361. The summed E-state index contributed by atoms with van der Waals surface area (Å²) < 4.78 is 14.3. The summed E-state index contributed by atoms with van der Waals surface area (Å²) in [5, 5.41) is 13.9. The average Bonchev–Trinajstić information content (AvgIpc) is 2.90. The Bertz CT molecular complexity index is 959. The van der Waals surface area contributed by atoms with Crippen molar-refractivity contribution in [2.45, 2.75) is 25.0 Å². The standard InChI is InChI=1S/C20H18ClN3OS/c1-15-19(14-26(25)13-18-9-7-16(11-22)8-10-18)20(21)24(23-15)12-17-5-3-2-4-6-17/h2-10H,12-14H2,1H3/t26-/m0/s1. The molecule has 0 bridgehead atoms. The maximum Gasteiger partial charge on any atom is 0.131 e. The highest BCUT2D eigenvalue weighted by molar-refractivity contribution is 7.83. The molecule has 1 atom stereocenters. The molecule has 3 rings (SSSR count). The van der Waals surface area contributed by atoms with Gasteiger partial charge in [0.2, 0.25) is 0 Å². The van der Waals surface area contributed by atoms with Crippen LogP contribution in [0.2, 0.25) is 5.15 Å². The van der Waals surface area contributed by atoms with Crippen LogP contribution in [0.15, 0.2) is 54.6 Å². The Kier molecular flexibility index (Phi) is 5.87. The molecule has 0 radical (unpaired) electrons. The summed E-state index contributed by atoms with van der Waals surface area (Å²) in [6.45, 7) is 2.48. The lowest BCUT2D eigenvalue weighted by atomic mass is 10.2. The SMILES string of the molecule is Cc1nn(Cc2ccccc2)c(Cl)c1C[S@@](=O)Cc1ccc(C#N)cc1. The number of nitrogens with zero attached hydrogens (tertiary/aromatic N) is 3. The predicted octanol–water partition coefficient (Wildman–Crippen LogP) is 4.21. The molecule has 1 aromatic heterocycles. The lowest BCUT2D eigenvalue weighted by Gasteiger charge is -2.05. The van der Waals surface area contributed by atoms with Gasteiger partial charge in [-0.1, -0.05) is 54.1 Å². The Morgan fingerprint density at radius 3 is 2.42 bits per heavy atom. The van der Waals surface area contributed by atoms with E-state index in [9.17, 15) is 4.21 Å². The molecule has 0 aliphatic heterocycles. The minimum Gasteiger partial charge on any atom is -0.259 e. The van der Waals surface area contributed by atoms with Crippen LogP contribution in [0.25, 0.3) is 0 Å². The summed E-state index contributed by atoms with van der Waals surface area (Å²) in [6.07, 6.45) is 0. The van der Waals surface area contributed by atoms with Crippen molar-refractivity contribution in [1.29, 1.82) is 5.26 Å². The van der Waals surface area contributed by atoms with Gasteiger partial charge in [-0.25, -0.2) is 4.68 Å². The quantitative estimate of drug-likeness (QED) is 0.640. The van der Waals surface area contributed by atoms with Gasteiger partial charge in [-0.2, -0.15) is 10.4 Å². The first kappa shape index (κ1) is 18.4. The van der Waals surface area contributed by atoms with Crippen LogP contribution in [0.3, 0.4) is 0 Å². The van der Waals surface area contributed by atoms with Crippen molar-refractivity contribution in [2.75, 3.05) is 0 Å². The molecule has 0 fully saturated rings. The normalized spacial score (nSPS) is 11.9. The highest BCUT2D eigenvalue weighted by atomic mass is 35.5. The molecule has 4 nitrogen and oxygen atoms in total. The zero-order chi connectivity index (χ0) is 18.5. The number of hydrogen-bond donors (Lipinski definition) is 0. The van der Waals surface area contributed by atoms with Crippen LogP contribution in [-0.2, 0) is 28.9 Å². The van der Waals surface area contributed by atoms with E-state index in [4.69, 9.17) is 16.9 Å². The number of aryl methyl sites for hydroxylation is 1. The minimum atomic E-state index is -1.10. The summed E-state index contributed by atoms with van der Waals surface area (Å²) in [5.41, 5.74) is 4.28. The molecule has 6 heteroatoms. The van der Waals surface area contributed by atoms with E-state index in [-0.39, 0.29) is 0 Å². The van der Waals surface area contributed by atoms with Crippen molar-refractivity contribution < 1.29 is 4.21 Å². The van der Waals surface area contributed by atoms with Crippen LogP contribution in [0.4, 0.5) is 0 Å². The maximum absolute atomic E-state index is 12.6. The molecule has 0 N–H and O–H groups in total. The number of halogens is 1. The second-order valence-electron chi connectivity index (χ2n) is 6.04. The first-order valence-corrected chi connectivity index (χ1v) is 10.0. The van der Waals surface area contributed by atoms with Gasteiger partial charge in [0.25, 0.3) is 0 Å². The summed E-state index contributed by atoms with van der Waals surface area (Å²) in [7, 11) is -1.10. The van der Waals surface area contributed by atoms with Crippen molar-refractivity contribution in [1.82, 2.24) is 9.78 Å². The Morgan fingerprint density at radius 2 is 1.77 bits per heavy atom. The third-order valence-electron chi connectivity index (χ3n) is 4.07. The summed E-state index contributed by atoms with van der Waals surface area (Å²) >= 11 is 6.50. The average molecular weight is 384 g/mol. The molecule has 0 amide bonds. The third-order valence-corrected chi connectivity index (χ3v) is 5.76. The Hall–Kier alpha value is -2.42. The van der Waals surface area contributed by atoms with Gasteiger partial charge in [0, 0.05) is 22.1 Å². The second-order valence-corrected chi connectivity index (χ2v) is 7.85. The molecule has 0 aliphatic carbocycles. The molecular weight excluding hydrogens is 366 g/mol. The van der Waals surface area contributed by atoms with E-state index in [1.165, 1.54) is 0 Å². The van der Waals surface area contributed by atoms with Crippen molar-refractivity contribution in [3.05, 3.63) is 87.7 Å². The maximum atomic E-state index is 12.6. The monoisotopic (exact) mass is 383 g/mol. The number of aromatic nitrogens is 2. The van der Waals surface area contributed by atoms with Crippen LogP contribution in [0.5, 0.6) is 0 Å². The van der Waals surface area contributed by atoms with Crippen LogP contribution in [0.1, 0.15) is 27.9 Å². The van der Waals surface area contributed by atoms with Crippen molar-refractivity contribution >= 4 is 22.4 Å². The zero-order valence-corrected chi connectivity index (χ0v) is 15.9. The fraction of sp³-hybridized carbons (Fsp3) is 0.200. The fourth-order valence-electron chi connectivity index (χ4n) is 2.69. The van der Waals surface area contributed by atoms with Gasteiger partial charge < -0.3 is 0 Å². The van der Waals surface area contributed by atoms with E-state index < -0.39 is 10.8 Å². The molecule has 3 aromatic rings. The molecule has 0 saturated carbocycles. The molecule has 0 aliphatic rings. The van der Waals surface area contributed by atoms with Crippen molar-refractivity contribution in [3.63, 3.8) is 0 Å². The van der Waals surface area contributed by atoms with E-state index in [1.54, 1.807) is 16.8 Å². The topological polar surface area (TPSA) is 58.7 Å². The highest BCUT2D eigenvalue weighted by Gasteiger charge is 2.16. The second kappa shape index (κ2) is 8.31. The number of hydrogen-bond acceptors (Lipinski definition) is 3. The lowest BCUT2D eigenvalue weighted by Crippen LogP contribution is -2.03. The van der Waals surface area contributed by atoms with Crippen LogP contribution < -0.4 is 0 Å². The Balaban J connectivity index is 1.71. The van der Waals surface area contributed by atoms with Crippen LogP contribution in [0, 0.1) is 18.3 Å². The molecule has 0 spiro atoms. The van der Waals surface area contributed by atoms with Crippen molar-refractivity contribution in [2.24, 2.45) is 0 Å². The zero-order valence-electron chi connectivity index (χ0n) is 14.4. The van der Waals surface area contributed by atoms with Gasteiger partial charge in [-0.05, 0) is 30.2 Å². The van der Waals surface area contributed by atoms with E-state index >= 15 is 0 Å². The largest absolute Gasteiger partial charge is 0.259 e. The molecule has 26 heavy (non-hydrogen) atoms. The van der Waals surface area contributed by atoms with Gasteiger partial charge in [0.05, 0.1) is 29.6 Å². The van der Waals surface area contributed by atoms with E-state index in [2.05, 4.69) is 11.2 Å². The Labute approximate surface area is 160 Å². The summed E-state index contributed by atoms with van der Waals surface area (Å²) in [5.74, 6) is 0.783. The third kappa shape index (κ3) is 4.40. The van der Waals surface area contributed by atoms with E-state index in [1.807, 2.05) is 49.4 Å². The first-order valence-electron chi connectivity index (χ1n) is 8.16. The molecule has 0 unspecified atom stereocenters. The number of benzene rings is 2. The van der Waals surface area contributed by atoms with Gasteiger partial charge in [0.1, 0.15) is 5.15 Å². The molecule has 132 valence electrons. The molecule has 1 heterocycles. The lowest BCUT2D eigenvalue weighted by molar-refractivity contribution is 0.679. The highest BCUT2D eigenvalue weighted by Crippen LogP contribution is 2.23. The summed E-state index contributed by atoms with van der Waals surface area (Å²) in [6, 6.07) is 19.2. The van der Waals surface area contributed by atoms with Crippen LogP contribution >= 0.6 is 11.6 Å². The smallest absolute Gasteiger partial charge is 0.131 e. The van der Waals surface area contributed by atoms with Gasteiger partial charge in [-0.3, -0.25) is 4.21 Å². The van der Waals surface area contributed by atoms with Gasteiger partial charge >= 0.3 is 0 Å². The molecular formula is C20H18ClN3OS. The van der Waals surface area contributed by atoms with Gasteiger partial charge in [0.15, 0.2) is 0 Å². The molecule has 0 saturated heterocycles. The van der Waals surface area contributed by atoms with Crippen molar-refractivity contribution in [3.8, 4) is 6.07 Å². The summed E-state index contributed by atoms with van der Waals surface area (Å²) in [4.78, 5) is 0.